The Morgan fingerprint density at radius 1 is 1.06 bits per heavy atom. The monoisotopic (exact) mass is 487 g/mol. The van der Waals surface area contributed by atoms with Crippen molar-refractivity contribution in [1.82, 2.24) is 24.0 Å². The van der Waals surface area contributed by atoms with Crippen LogP contribution in [0.4, 0.5) is 0 Å². The lowest BCUT2D eigenvalue weighted by Crippen LogP contribution is -2.45. The van der Waals surface area contributed by atoms with Crippen LogP contribution in [0.3, 0.4) is 0 Å². The van der Waals surface area contributed by atoms with Gasteiger partial charge in [0.15, 0.2) is 11.2 Å². The van der Waals surface area contributed by atoms with Crippen LogP contribution < -0.4 is 16.6 Å². The molecule has 1 unspecified atom stereocenters. The van der Waals surface area contributed by atoms with Crippen LogP contribution in [0.25, 0.3) is 11.2 Å². The van der Waals surface area contributed by atoms with Crippen molar-refractivity contribution in [3.05, 3.63) is 99.0 Å². The third kappa shape index (κ3) is 4.87. The molecule has 36 heavy (non-hydrogen) atoms. The molecule has 0 radical (unpaired) electrons. The molecule has 1 aliphatic carbocycles. The number of ether oxygens (including phenoxy) is 1. The molecule has 0 spiro atoms. The van der Waals surface area contributed by atoms with Gasteiger partial charge in [0.1, 0.15) is 6.54 Å². The third-order valence-electron chi connectivity index (χ3n) is 6.57. The molecule has 9 heteroatoms. The van der Waals surface area contributed by atoms with Gasteiger partial charge in [-0.1, -0.05) is 60.7 Å². The summed E-state index contributed by atoms with van der Waals surface area (Å²) in [7, 11) is 1.58. The summed E-state index contributed by atoms with van der Waals surface area (Å²) >= 11 is 0. The molecule has 5 rings (SSSR count). The van der Waals surface area contributed by atoms with Gasteiger partial charge in [-0.15, -0.1) is 0 Å². The number of hydrogen-bond donors (Lipinski definition) is 1. The average Bonchev–Trinajstić information content (AvgIpc) is 3.66. The van der Waals surface area contributed by atoms with E-state index in [0.717, 1.165) is 28.5 Å². The number of hydrogen-bond acceptors (Lipinski definition) is 5. The van der Waals surface area contributed by atoms with Crippen LogP contribution in [0, 0.1) is 5.92 Å². The second-order valence-corrected chi connectivity index (χ2v) is 9.14. The zero-order valence-electron chi connectivity index (χ0n) is 20.2. The lowest BCUT2D eigenvalue weighted by Gasteiger charge is -2.19. The van der Waals surface area contributed by atoms with Gasteiger partial charge < -0.3 is 14.6 Å². The molecule has 1 amide bonds. The number of carbonyl (C=O) groups excluding carboxylic acids is 1. The van der Waals surface area contributed by atoms with Gasteiger partial charge in [0.25, 0.3) is 5.56 Å². The molecule has 1 saturated carbocycles. The number of fused-ring (bicyclic) bond motifs is 1. The molecule has 2 heterocycles. The zero-order valence-corrected chi connectivity index (χ0v) is 20.2. The summed E-state index contributed by atoms with van der Waals surface area (Å²) in [5, 5.41) is 3.07. The van der Waals surface area contributed by atoms with Gasteiger partial charge in [0.2, 0.25) is 5.91 Å². The number of methoxy groups -OCH3 is 1. The highest BCUT2D eigenvalue weighted by atomic mass is 16.5. The topological polar surface area (TPSA) is 100 Å². The number of carbonyl (C=O) groups is 1. The molecule has 4 aromatic rings. The number of amides is 1. The van der Waals surface area contributed by atoms with Crippen molar-refractivity contribution in [3.63, 3.8) is 0 Å². The Kier molecular flexibility index (Phi) is 6.81. The maximum absolute atomic E-state index is 13.5. The van der Waals surface area contributed by atoms with Gasteiger partial charge in [-0.05, 0) is 29.9 Å². The van der Waals surface area contributed by atoms with E-state index >= 15 is 0 Å². The normalized spacial score (nSPS) is 14.1. The first-order valence-electron chi connectivity index (χ1n) is 12.1. The Morgan fingerprint density at radius 2 is 1.75 bits per heavy atom. The van der Waals surface area contributed by atoms with Gasteiger partial charge in [-0.25, -0.2) is 14.3 Å². The van der Waals surface area contributed by atoms with Crippen molar-refractivity contribution in [3.8, 4) is 0 Å². The molecule has 186 valence electrons. The first-order valence-corrected chi connectivity index (χ1v) is 12.1. The highest BCUT2D eigenvalue weighted by molar-refractivity contribution is 5.77. The summed E-state index contributed by atoms with van der Waals surface area (Å²) in [6, 6.07) is 19.1. The summed E-state index contributed by atoms with van der Waals surface area (Å²) < 4.78 is 9.32. The first-order chi connectivity index (χ1) is 17.6. The molecule has 2 aromatic carbocycles. The van der Waals surface area contributed by atoms with Crippen LogP contribution in [-0.4, -0.2) is 38.3 Å². The summed E-state index contributed by atoms with van der Waals surface area (Å²) in [6.45, 7) is 0.640. The Balaban J connectivity index is 1.52. The van der Waals surface area contributed by atoms with Gasteiger partial charge in [-0.3, -0.25) is 14.2 Å². The molecule has 1 N–H and O–H groups in total. The number of nitrogens with zero attached hydrogens (tertiary/aromatic N) is 4. The molecule has 0 saturated heterocycles. The molecule has 1 aliphatic rings. The van der Waals surface area contributed by atoms with Gasteiger partial charge >= 0.3 is 5.69 Å². The Bertz CT molecular complexity index is 1470. The van der Waals surface area contributed by atoms with E-state index in [4.69, 9.17) is 4.74 Å². The molecule has 0 aliphatic heterocycles. The lowest BCUT2D eigenvalue weighted by molar-refractivity contribution is -0.122. The molecular formula is C27H29N5O4. The molecule has 9 nitrogen and oxygen atoms in total. The van der Waals surface area contributed by atoms with E-state index in [9.17, 15) is 14.4 Å². The van der Waals surface area contributed by atoms with Crippen LogP contribution in [0.1, 0.15) is 30.0 Å². The molecule has 0 bridgehead atoms. The molecule has 1 atom stereocenters. The van der Waals surface area contributed by atoms with E-state index in [1.807, 2.05) is 60.7 Å². The zero-order chi connectivity index (χ0) is 25.1. The standard InChI is InChI=1S/C27H29N5O4/c1-36-15-14-30-18-28-25-24(30)26(34)32(27(35)31(25)16-19-8-4-2-5-9-19)17-22(33)29-23(21-12-13-21)20-10-6-3-7-11-20/h2-11,18,21,23H,12-17H2,1H3,(H,29,33). The predicted molar refractivity (Wildman–Crippen MR) is 136 cm³/mol. The van der Waals surface area contributed by atoms with Gasteiger partial charge in [-0.2, -0.15) is 0 Å². The van der Waals surface area contributed by atoms with Gasteiger partial charge in [0, 0.05) is 13.7 Å². The Morgan fingerprint density at radius 3 is 2.42 bits per heavy atom. The third-order valence-corrected chi connectivity index (χ3v) is 6.57. The van der Waals surface area contributed by atoms with E-state index in [1.165, 1.54) is 10.9 Å². The van der Waals surface area contributed by atoms with Crippen LogP contribution in [0.2, 0.25) is 0 Å². The fraction of sp³-hybridized carbons (Fsp3) is 0.333. The fourth-order valence-corrected chi connectivity index (χ4v) is 4.57. The Labute approximate surface area is 208 Å². The van der Waals surface area contributed by atoms with Crippen molar-refractivity contribution in [2.24, 2.45) is 5.92 Å². The van der Waals surface area contributed by atoms with Gasteiger partial charge in [0.05, 0.1) is 25.5 Å². The van der Waals surface area contributed by atoms with Crippen LogP contribution >= 0.6 is 0 Å². The number of benzene rings is 2. The predicted octanol–water partition coefficient (Wildman–Crippen LogP) is 2.32. The average molecular weight is 488 g/mol. The number of rotatable bonds is 10. The van der Waals surface area contributed by atoms with Crippen molar-refractivity contribution in [1.29, 1.82) is 0 Å². The van der Waals surface area contributed by atoms with E-state index in [0.29, 0.717) is 24.7 Å². The smallest absolute Gasteiger partial charge is 0.333 e. The highest BCUT2D eigenvalue weighted by Gasteiger charge is 2.33. The number of aromatic nitrogens is 4. The maximum Gasteiger partial charge on any atom is 0.333 e. The summed E-state index contributed by atoms with van der Waals surface area (Å²) in [5.41, 5.74) is 1.38. The molecular weight excluding hydrogens is 458 g/mol. The lowest BCUT2D eigenvalue weighted by atomic mass is 10.0. The van der Waals surface area contributed by atoms with Crippen molar-refractivity contribution >= 4 is 17.1 Å². The Hall–Kier alpha value is -3.98. The molecule has 2 aromatic heterocycles. The fourth-order valence-electron chi connectivity index (χ4n) is 4.57. The van der Waals surface area contributed by atoms with Crippen LogP contribution in [0.5, 0.6) is 0 Å². The minimum absolute atomic E-state index is 0.142. The largest absolute Gasteiger partial charge is 0.383 e. The van der Waals surface area contributed by atoms with Crippen molar-refractivity contribution < 1.29 is 9.53 Å². The number of imidazole rings is 1. The summed E-state index contributed by atoms with van der Waals surface area (Å²) in [4.78, 5) is 44.6. The van der Waals surface area contributed by atoms with E-state index in [-0.39, 0.29) is 30.6 Å². The SMILES string of the molecule is COCCn1cnc2c1c(=O)n(CC(=O)NC(c1ccccc1)C1CC1)c(=O)n2Cc1ccccc1. The van der Waals surface area contributed by atoms with Crippen LogP contribution in [0.15, 0.2) is 76.6 Å². The minimum atomic E-state index is -0.564. The maximum atomic E-state index is 13.5. The van der Waals surface area contributed by atoms with Crippen molar-refractivity contribution in [2.45, 2.75) is 38.5 Å². The minimum Gasteiger partial charge on any atom is -0.383 e. The second kappa shape index (κ2) is 10.3. The highest BCUT2D eigenvalue weighted by Crippen LogP contribution is 2.40. The van der Waals surface area contributed by atoms with E-state index in [2.05, 4.69) is 10.3 Å². The van der Waals surface area contributed by atoms with E-state index < -0.39 is 11.2 Å². The quantitative estimate of drug-likeness (QED) is 0.370. The number of nitrogens with one attached hydrogen (secondary N) is 1. The van der Waals surface area contributed by atoms with Crippen molar-refractivity contribution in [2.75, 3.05) is 13.7 Å². The molecule has 1 fully saturated rings. The van der Waals surface area contributed by atoms with Crippen LogP contribution in [-0.2, 0) is 29.2 Å². The first kappa shape index (κ1) is 23.7. The second-order valence-electron chi connectivity index (χ2n) is 9.14. The van der Waals surface area contributed by atoms with E-state index in [1.54, 1.807) is 11.7 Å². The summed E-state index contributed by atoms with van der Waals surface area (Å²) in [6.07, 6.45) is 3.61. The summed E-state index contributed by atoms with van der Waals surface area (Å²) in [5.74, 6) is -0.00992.